The van der Waals surface area contributed by atoms with Crippen molar-refractivity contribution in [3.05, 3.63) is 59.4 Å². The molecule has 0 bridgehead atoms. The summed E-state index contributed by atoms with van der Waals surface area (Å²) in [5.74, 6) is -0.775. The van der Waals surface area contributed by atoms with Crippen LogP contribution in [0.2, 0.25) is 0 Å². The lowest BCUT2D eigenvalue weighted by atomic mass is 10.1. The number of primary amides is 1. The molecule has 0 aliphatic heterocycles. The quantitative estimate of drug-likeness (QED) is 0.730. The fourth-order valence-corrected chi connectivity index (χ4v) is 1.96. The minimum absolute atomic E-state index is 0.260. The zero-order chi connectivity index (χ0) is 14.5. The van der Waals surface area contributed by atoms with Gasteiger partial charge < -0.3 is 16.8 Å². The van der Waals surface area contributed by atoms with Crippen LogP contribution in [0.5, 0.6) is 0 Å². The second-order valence-corrected chi connectivity index (χ2v) is 4.48. The van der Waals surface area contributed by atoms with Gasteiger partial charge in [0.25, 0.3) is 5.91 Å². The summed E-state index contributed by atoms with van der Waals surface area (Å²) in [4.78, 5) is 11.3. The van der Waals surface area contributed by atoms with E-state index in [1.807, 2.05) is 6.07 Å². The second-order valence-electron chi connectivity index (χ2n) is 4.48. The lowest BCUT2D eigenvalue weighted by Gasteiger charge is -2.11. The van der Waals surface area contributed by atoms with Gasteiger partial charge in [-0.1, -0.05) is 12.1 Å². The Kier molecular flexibility index (Phi) is 4.20. The van der Waals surface area contributed by atoms with Crippen molar-refractivity contribution in [1.29, 1.82) is 0 Å². The topological polar surface area (TPSA) is 81.1 Å². The fourth-order valence-electron chi connectivity index (χ4n) is 1.96. The van der Waals surface area contributed by atoms with E-state index in [1.54, 1.807) is 24.3 Å². The number of hydrogen-bond donors (Lipinski definition) is 3. The Morgan fingerprint density at radius 3 is 2.70 bits per heavy atom. The molecule has 104 valence electrons. The van der Waals surface area contributed by atoms with Crippen LogP contribution in [0, 0.1) is 5.82 Å². The average molecular weight is 273 g/mol. The molecule has 0 aliphatic carbocycles. The number of carbonyl (C=O) groups is 1. The van der Waals surface area contributed by atoms with E-state index in [0.717, 1.165) is 5.56 Å². The molecule has 4 nitrogen and oxygen atoms in total. The van der Waals surface area contributed by atoms with Crippen LogP contribution in [0.3, 0.4) is 0 Å². The largest absolute Gasteiger partial charge is 0.399 e. The Labute approximate surface area is 116 Å². The predicted octanol–water partition coefficient (Wildman–Crippen LogP) is 2.16. The van der Waals surface area contributed by atoms with Gasteiger partial charge in [-0.25, -0.2) is 4.39 Å². The molecular formula is C15H16FN3O. The summed E-state index contributed by atoms with van der Waals surface area (Å²) >= 11 is 0. The second kappa shape index (κ2) is 6.06. The molecule has 2 rings (SSSR count). The average Bonchev–Trinajstić information content (AvgIpc) is 2.38. The van der Waals surface area contributed by atoms with E-state index in [1.165, 1.54) is 12.1 Å². The van der Waals surface area contributed by atoms with Crippen molar-refractivity contribution in [3.8, 4) is 0 Å². The van der Waals surface area contributed by atoms with Crippen molar-refractivity contribution < 1.29 is 9.18 Å². The van der Waals surface area contributed by atoms with Crippen LogP contribution in [-0.2, 0) is 6.42 Å². The molecule has 2 aromatic carbocycles. The third-order valence-electron chi connectivity index (χ3n) is 2.93. The molecule has 0 unspecified atom stereocenters. The summed E-state index contributed by atoms with van der Waals surface area (Å²) in [6.45, 7) is 0.549. The molecule has 0 atom stereocenters. The number of rotatable bonds is 5. The van der Waals surface area contributed by atoms with E-state index in [9.17, 15) is 9.18 Å². The summed E-state index contributed by atoms with van der Waals surface area (Å²) in [5.41, 5.74) is 13.4. The van der Waals surface area contributed by atoms with Crippen LogP contribution < -0.4 is 16.8 Å². The van der Waals surface area contributed by atoms with Crippen molar-refractivity contribution in [2.24, 2.45) is 5.73 Å². The number of amides is 1. The monoisotopic (exact) mass is 273 g/mol. The molecule has 5 heteroatoms. The number of hydrogen-bond acceptors (Lipinski definition) is 3. The number of carbonyl (C=O) groups excluding carboxylic acids is 1. The van der Waals surface area contributed by atoms with Gasteiger partial charge in [0.15, 0.2) is 0 Å². The summed E-state index contributed by atoms with van der Waals surface area (Å²) in [5, 5.41) is 3.10. The highest BCUT2D eigenvalue weighted by atomic mass is 19.1. The standard InChI is InChI=1S/C15H16FN3O/c16-11-3-1-2-10(8-11)6-7-19-14-9-12(17)4-5-13(14)15(18)20/h1-5,8-9,19H,6-7,17H2,(H2,18,20). The Morgan fingerprint density at radius 2 is 2.00 bits per heavy atom. The summed E-state index contributed by atoms with van der Waals surface area (Å²) in [6.07, 6.45) is 0.630. The molecule has 1 amide bonds. The van der Waals surface area contributed by atoms with Crippen LogP contribution in [0.15, 0.2) is 42.5 Å². The molecule has 0 saturated heterocycles. The number of anilines is 2. The maximum Gasteiger partial charge on any atom is 0.250 e. The maximum atomic E-state index is 13.0. The minimum Gasteiger partial charge on any atom is -0.399 e. The third-order valence-corrected chi connectivity index (χ3v) is 2.93. The van der Waals surface area contributed by atoms with Crippen molar-refractivity contribution in [2.45, 2.75) is 6.42 Å². The summed E-state index contributed by atoms with van der Waals surface area (Å²) in [7, 11) is 0. The van der Waals surface area contributed by atoms with Crippen LogP contribution in [0.25, 0.3) is 0 Å². The van der Waals surface area contributed by atoms with Crippen molar-refractivity contribution >= 4 is 17.3 Å². The minimum atomic E-state index is -0.516. The molecule has 20 heavy (non-hydrogen) atoms. The van der Waals surface area contributed by atoms with E-state index >= 15 is 0 Å². The summed E-state index contributed by atoms with van der Waals surface area (Å²) < 4.78 is 13.0. The molecule has 0 aliphatic rings. The first-order valence-corrected chi connectivity index (χ1v) is 6.24. The van der Waals surface area contributed by atoms with Gasteiger partial charge in [-0.2, -0.15) is 0 Å². The first kappa shape index (κ1) is 13.9. The zero-order valence-corrected chi connectivity index (χ0v) is 10.9. The van der Waals surface area contributed by atoms with Crippen LogP contribution in [-0.4, -0.2) is 12.5 Å². The molecule has 5 N–H and O–H groups in total. The first-order chi connectivity index (χ1) is 9.56. The van der Waals surface area contributed by atoms with Crippen LogP contribution in [0.1, 0.15) is 15.9 Å². The van der Waals surface area contributed by atoms with Gasteiger partial charge in [-0.15, -0.1) is 0 Å². The van der Waals surface area contributed by atoms with E-state index in [2.05, 4.69) is 5.32 Å². The van der Waals surface area contributed by atoms with Crippen LogP contribution >= 0.6 is 0 Å². The Morgan fingerprint density at radius 1 is 1.20 bits per heavy atom. The van der Waals surface area contributed by atoms with Gasteiger partial charge in [0.2, 0.25) is 0 Å². The normalized spacial score (nSPS) is 10.2. The SMILES string of the molecule is NC(=O)c1ccc(N)cc1NCCc1cccc(F)c1. The van der Waals surface area contributed by atoms with Crippen molar-refractivity contribution in [3.63, 3.8) is 0 Å². The highest BCUT2D eigenvalue weighted by Crippen LogP contribution is 2.19. The highest BCUT2D eigenvalue weighted by Gasteiger charge is 2.08. The fraction of sp³-hybridized carbons (Fsp3) is 0.133. The molecule has 2 aromatic rings. The molecule has 0 aromatic heterocycles. The van der Waals surface area contributed by atoms with Gasteiger partial charge in [-0.3, -0.25) is 4.79 Å². The number of halogens is 1. The van der Waals surface area contributed by atoms with Gasteiger partial charge in [-0.05, 0) is 42.3 Å². The lowest BCUT2D eigenvalue weighted by Crippen LogP contribution is -2.15. The predicted molar refractivity (Wildman–Crippen MR) is 78.0 cm³/mol. The van der Waals surface area contributed by atoms with Crippen molar-refractivity contribution in [1.82, 2.24) is 0 Å². The van der Waals surface area contributed by atoms with Gasteiger partial charge in [0, 0.05) is 17.9 Å². The molecule has 0 radical (unpaired) electrons. The number of nitrogens with one attached hydrogen (secondary N) is 1. The number of nitrogens with two attached hydrogens (primary N) is 2. The summed E-state index contributed by atoms with van der Waals surface area (Å²) in [6, 6.07) is 11.3. The van der Waals surface area contributed by atoms with E-state index < -0.39 is 5.91 Å². The molecule has 0 heterocycles. The molecular weight excluding hydrogens is 257 g/mol. The highest BCUT2D eigenvalue weighted by molar-refractivity contribution is 5.99. The molecule has 0 spiro atoms. The van der Waals surface area contributed by atoms with Crippen molar-refractivity contribution in [2.75, 3.05) is 17.6 Å². The molecule has 0 saturated carbocycles. The number of nitrogen functional groups attached to an aromatic ring is 1. The smallest absolute Gasteiger partial charge is 0.250 e. The van der Waals surface area contributed by atoms with E-state index in [-0.39, 0.29) is 5.82 Å². The number of benzene rings is 2. The van der Waals surface area contributed by atoms with Gasteiger partial charge in [0.1, 0.15) is 5.82 Å². The lowest BCUT2D eigenvalue weighted by molar-refractivity contribution is 0.100. The Balaban J connectivity index is 2.04. The zero-order valence-electron chi connectivity index (χ0n) is 10.9. The van der Waals surface area contributed by atoms with Gasteiger partial charge in [0.05, 0.1) is 5.56 Å². The first-order valence-electron chi connectivity index (χ1n) is 6.24. The van der Waals surface area contributed by atoms with Crippen LogP contribution in [0.4, 0.5) is 15.8 Å². The third kappa shape index (κ3) is 3.47. The Hall–Kier alpha value is -2.56. The van der Waals surface area contributed by atoms with E-state index in [4.69, 9.17) is 11.5 Å². The maximum absolute atomic E-state index is 13.0. The molecule has 0 fully saturated rings. The van der Waals surface area contributed by atoms with E-state index in [0.29, 0.717) is 29.9 Å². The Bertz CT molecular complexity index is 628. The van der Waals surface area contributed by atoms with Gasteiger partial charge >= 0.3 is 0 Å².